The number of hydrogen-bond donors (Lipinski definition) is 1. The summed E-state index contributed by atoms with van der Waals surface area (Å²) in [5, 5.41) is 11.7. The van der Waals surface area contributed by atoms with Gasteiger partial charge in [-0.3, -0.25) is 4.79 Å². The second-order valence-corrected chi connectivity index (χ2v) is 6.38. The third-order valence-electron chi connectivity index (χ3n) is 3.56. The summed E-state index contributed by atoms with van der Waals surface area (Å²) in [6, 6.07) is 5.94. The Hall–Kier alpha value is -2.48. The van der Waals surface area contributed by atoms with Crippen molar-refractivity contribution in [1.82, 2.24) is 25.0 Å². The van der Waals surface area contributed by atoms with Gasteiger partial charge in [0.05, 0.1) is 5.75 Å². The van der Waals surface area contributed by atoms with Gasteiger partial charge in [0.2, 0.25) is 5.91 Å². The molecule has 3 aromatic rings. The standard InChI is InChI=1S/C16H18N6OS/c1-4-22-15-14(20-21-22)16(18-9-17-15)24-8-13(23)19-12-6-5-10(2)7-11(12)3/h5-7,9H,4,8H2,1-3H3,(H,19,23). The minimum atomic E-state index is -0.0819. The molecule has 0 unspecified atom stereocenters. The Balaban J connectivity index is 1.69. The van der Waals surface area contributed by atoms with E-state index >= 15 is 0 Å². The van der Waals surface area contributed by atoms with Crippen LogP contribution in [-0.2, 0) is 11.3 Å². The van der Waals surface area contributed by atoms with Crippen molar-refractivity contribution in [1.29, 1.82) is 0 Å². The number of rotatable bonds is 5. The Morgan fingerprint density at radius 1 is 1.29 bits per heavy atom. The van der Waals surface area contributed by atoms with Gasteiger partial charge in [-0.1, -0.05) is 34.7 Å². The zero-order chi connectivity index (χ0) is 17.1. The van der Waals surface area contributed by atoms with Gasteiger partial charge in [0.25, 0.3) is 0 Å². The van der Waals surface area contributed by atoms with E-state index in [1.54, 1.807) is 4.68 Å². The van der Waals surface area contributed by atoms with Crippen molar-refractivity contribution >= 4 is 34.5 Å². The molecule has 0 bridgehead atoms. The Morgan fingerprint density at radius 3 is 2.88 bits per heavy atom. The highest BCUT2D eigenvalue weighted by atomic mass is 32.2. The van der Waals surface area contributed by atoms with Crippen LogP contribution in [0.2, 0.25) is 0 Å². The highest BCUT2D eigenvalue weighted by Crippen LogP contribution is 2.23. The molecular weight excluding hydrogens is 324 g/mol. The molecule has 1 N–H and O–H groups in total. The van der Waals surface area contributed by atoms with Crippen molar-refractivity contribution in [2.45, 2.75) is 32.3 Å². The fourth-order valence-electron chi connectivity index (χ4n) is 2.36. The summed E-state index contributed by atoms with van der Waals surface area (Å²) in [4.78, 5) is 20.6. The SMILES string of the molecule is CCn1nnc2c(SCC(=O)Nc3ccc(C)cc3C)ncnc21. The van der Waals surface area contributed by atoms with Crippen molar-refractivity contribution in [2.75, 3.05) is 11.1 Å². The molecule has 0 spiro atoms. The number of anilines is 1. The molecule has 0 atom stereocenters. The number of carbonyl (C=O) groups excluding carboxylic acids is 1. The molecule has 0 fully saturated rings. The summed E-state index contributed by atoms with van der Waals surface area (Å²) in [5.41, 5.74) is 4.36. The van der Waals surface area contributed by atoms with Crippen molar-refractivity contribution in [3.8, 4) is 0 Å². The molecule has 7 nitrogen and oxygen atoms in total. The fourth-order valence-corrected chi connectivity index (χ4v) is 3.09. The first-order valence-corrected chi connectivity index (χ1v) is 8.61. The first-order chi connectivity index (χ1) is 11.6. The molecular formula is C16H18N6OS. The van der Waals surface area contributed by atoms with Gasteiger partial charge in [-0.05, 0) is 32.4 Å². The Kier molecular flexibility index (Phi) is 4.75. The first kappa shape index (κ1) is 16.4. The lowest BCUT2D eigenvalue weighted by Gasteiger charge is -2.08. The molecule has 2 heterocycles. The number of amides is 1. The molecule has 0 saturated carbocycles. The van der Waals surface area contributed by atoms with E-state index in [0.717, 1.165) is 11.3 Å². The highest BCUT2D eigenvalue weighted by molar-refractivity contribution is 8.00. The predicted molar refractivity (Wildman–Crippen MR) is 94.1 cm³/mol. The maximum Gasteiger partial charge on any atom is 0.234 e. The zero-order valence-corrected chi connectivity index (χ0v) is 14.6. The van der Waals surface area contributed by atoms with Crippen LogP contribution < -0.4 is 5.32 Å². The molecule has 0 saturated heterocycles. The second kappa shape index (κ2) is 6.96. The monoisotopic (exact) mass is 342 g/mol. The van der Waals surface area contributed by atoms with E-state index in [0.29, 0.717) is 22.7 Å². The molecule has 0 aliphatic heterocycles. The Morgan fingerprint density at radius 2 is 2.12 bits per heavy atom. The third-order valence-corrected chi connectivity index (χ3v) is 4.54. The minimum Gasteiger partial charge on any atom is -0.325 e. The van der Waals surface area contributed by atoms with Gasteiger partial charge in [-0.15, -0.1) is 5.10 Å². The van der Waals surface area contributed by atoms with E-state index < -0.39 is 0 Å². The normalized spacial score (nSPS) is 11.0. The lowest BCUT2D eigenvalue weighted by molar-refractivity contribution is -0.113. The average Bonchev–Trinajstić information content (AvgIpc) is 2.99. The van der Waals surface area contributed by atoms with Crippen LogP contribution in [0.25, 0.3) is 11.2 Å². The van der Waals surface area contributed by atoms with E-state index in [2.05, 4.69) is 25.6 Å². The third kappa shape index (κ3) is 3.38. The minimum absolute atomic E-state index is 0.0819. The first-order valence-electron chi connectivity index (χ1n) is 7.62. The molecule has 3 rings (SSSR count). The van der Waals surface area contributed by atoms with Crippen molar-refractivity contribution in [3.63, 3.8) is 0 Å². The van der Waals surface area contributed by atoms with E-state index in [4.69, 9.17) is 0 Å². The smallest absolute Gasteiger partial charge is 0.234 e. The molecule has 1 aromatic carbocycles. The lowest BCUT2D eigenvalue weighted by atomic mass is 10.1. The van der Waals surface area contributed by atoms with Gasteiger partial charge in [0, 0.05) is 12.2 Å². The summed E-state index contributed by atoms with van der Waals surface area (Å²) in [6.07, 6.45) is 1.47. The van der Waals surface area contributed by atoms with E-state index in [1.165, 1.54) is 23.7 Å². The molecule has 0 aliphatic rings. The topological polar surface area (TPSA) is 85.6 Å². The molecule has 24 heavy (non-hydrogen) atoms. The number of thioether (sulfide) groups is 1. The van der Waals surface area contributed by atoms with Crippen LogP contribution >= 0.6 is 11.8 Å². The number of aromatic nitrogens is 5. The maximum absolute atomic E-state index is 12.2. The van der Waals surface area contributed by atoms with Gasteiger partial charge >= 0.3 is 0 Å². The zero-order valence-electron chi connectivity index (χ0n) is 13.8. The summed E-state index contributed by atoms with van der Waals surface area (Å²) in [5.74, 6) is 0.167. The number of fused-ring (bicyclic) bond motifs is 1. The highest BCUT2D eigenvalue weighted by Gasteiger charge is 2.13. The Bertz CT molecular complexity index is 891. The molecule has 2 aromatic heterocycles. The summed E-state index contributed by atoms with van der Waals surface area (Å²) in [6.45, 7) is 6.66. The fraction of sp³-hybridized carbons (Fsp3) is 0.312. The molecule has 1 amide bonds. The molecule has 124 valence electrons. The number of carbonyl (C=O) groups is 1. The number of nitrogens with one attached hydrogen (secondary N) is 1. The lowest BCUT2D eigenvalue weighted by Crippen LogP contribution is -2.15. The van der Waals surface area contributed by atoms with Crippen LogP contribution in [0, 0.1) is 13.8 Å². The van der Waals surface area contributed by atoms with Gasteiger partial charge in [-0.2, -0.15) is 0 Å². The molecule has 8 heteroatoms. The largest absolute Gasteiger partial charge is 0.325 e. The summed E-state index contributed by atoms with van der Waals surface area (Å²) >= 11 is 1.33. The average molecular weight is 342 g/mol. The number of hydrogen-bond acceptors (Lipinski definition) is 6. The van der Waals surface area contributed by atoms with Gasteiger partial charge in [0.1, 0.15) is 11.4 Å². The quantitative estimate of drug-likeness (QED) is 0.566. The van der Waals surface area contributed by atoms with Gasteiger partial charge < -0.3 is 5.32 Å². The Labute approximate surface area is 143 Å². The van der Waals surface area contributed by atoms with E-state index in [9.17, 15) is 4.79 Å². The summed E-state index contributed by atoms with van der Waals surface area (Å²) < 4.78 is 1.71. The van der Waals surface area contributed by atoms with Crippen LogP contribution in [0.3, 0.4) is 0 Å². The van der Waals surface area contributed by atoms with Gasteiger partial charge in [-0.25, -0.2) is 14.6 Å². The molecule has 0 radical (unpaired) electrons. The summed E-state index contributed by atoms with van der Waals surface area (Å²) in [7, 11) is 0. The second-order valence-electron chi connectivity index (χ2n) is 5.41. The van der Waals surface area contributed by atoms with Crippen LogP contribution in [-0.4, -0.2) is 36.6 Å². The number of nitrogens with zero attached hydrogens (tertiary/aromatic N) is 5. The van der Waals surface area contributed by atoms with E-state index in [1.807, 2.05) is 39.0 Å². The van der Waals surface area contributed by atoms with Gasteiger partial charge in [0.15, 0.2) is 11.2 Å². The number of benzene rings is 1. The van der Waals surface area contributed by atoms with E-state index in [-0.39, 0.29) is 11.7 Å². The van der Waals surface area contributed by atoms with Crippen molar-refractivity contribution in [3.05, 3.63) is 35.7 Å². The van der Waals surface area contributed by atoms with Crippen LogP contribution in [0.5, 0.6) is 0 Å². The molecule has 0 aliphatic carbocycles. The predicted octanol–water partition coefficient (Wildman–Crippen LogP) is 2.59. The van der Waals surface area contributed by atoms with Crippen LogP contribution in [0.15, 0.2) is 29.6 Å². The van der Waals surface area contributed by atoms with Crippen LogP contribution in [0.4, 0.5) is 5.69 Å². The van der Waals surface area contributed by atoms with Crippen molar-refractivity contribution < 1.29 is 4.79 Å². The number of aryl methyl sites for hydroxylation is 3. The van der Waals surface area contributed by atoms with Crippen LogP contribution in [0.1, 0.15) is 18.1 Å². The van der Waals surface area contributed by atoms with Crippen molar-refractivity contribution in [2.24, 2.45) is 0 Å². The maximum atomic E-state index is 12.2.